The molecule has 0 radical (unpaired) electrons. The lowest BCUT2D eigenvalue weighted by atomic mass is 9.84. The molecule has 130 valence electrons. The number of nitrogens with zero attached hydrogens (tertiary/aromatic N) is 3. The summed E-state index contributed by atoms with van der Waals surface area (Å²) in [5.74, 6) is 1.86. The standard InChI is InChI=1S/C18H31N3O2/c1-7-18(6,8-2)15-19-14(23-20-15)13-10-9-11-21(12-13)16(22)17(3,4)5/h13H,7-12H2,1-6H3. The van der Waals surface area contributed by atoms with E-state index < -0.39 is 0 Å². The van der Waals surface area contributed by atoms with Gasteiger partial charge in [0.05, 0.1) is 5.92 Å². The highest BCUT2D eigenvalue weighted by atomic mass is 16.5. The van der Waals surface area contributed by atoms with Crippen molar-refractivity contribution in [1.82, 2.24) is 15.0 Å². The molecule has 1 atom stereocenters. The Bertz CT molecular complexity index is 541. The van der Waals surface area contributed by atoms with Crippen LogP contribution in [0.2, 0.25) is 0 Å². The summed E-state index contributed by atoms with van der Waals surface area (Å²) in [5.41, 5.74) is -0.373. The minimum Gasteiger partial charge on any atom is -0.341 e. The molecule has 1 unspecified atom stereocenters. The lowest BCUT2D eigenvalue weighted by molar-refractivity contribution is -0.140. The van der Waals surface area contributed by atoms with Crippen LogP contribution in [0.1, 0.15) is 84.9 Å². The van der Waals surface area contributed by atoms with Gasteiger partial charge in [-0.15, -0.1) is 0 Å². The highest BCUT2D eigenvalue weighted by Gasteiger charge is 2.35. The Morgan fingerprint density at radius 3 is 2.48 bits per heavy atom. The first kappa shape index (κ1) is 18.0. The lowest BCUT2D eigenvalue weighted by Gasteiger charge is -2.35. The zero-order valence-corrected chi connectivity index (χ0v) is 15.5. The van der Waals surface area contributed by atoms with Crippen molar-refractivity contribution in [2.24, 2.45) is 5.41 Å². The molecule has 1 fully saturated rings. The fourth-order valence-electron chi connectivity index (χ4n) is 3.05. The van der Waals surface area contributed by atoms with Crippen LogP contribution < -0.4 is 0 Å². The van der Waals surface area contributed by atoms with E-state index >= 15 is 0 Å². The van der Waals surface area contributed by atoms with Gasteiger partial charge in [-0.3, -0.25) is 4.79 Å². The summed E-state index contributed by atoms with van der Waals surface area (Å²) in [7, 11) is 0. The normalized spacial score (nSPS) is 19.9. The first-order valence-electron chi connectivity index (χ1n) is 8.84. The molecule has 0 aliphatic carbocycles. The van der Waals surface area contributed by atoms with Crippen LogP contribution >= 0.6 is 0 Å². The van der Waals surface area contributed by atoms with Crippen molar-refractivity contribution in [1.29, 1.82) is 0 Å². The van der Waals surface area contributed by atoms with Crippen LogP contribution in [-0.4, -0.2) is 34.0 Å². The second-order valence-corrected chi connectivity index (χ2v) is 8.06. The van der Waals surface area contributed by atoms with Crippen molar-refractivity contribution >= 4 is 5.91 Å². The molecule has 0 bridgehead atoms. The third-order valence-electron chi connectivity index (χ3n) is 5.24. The molecule has 0 N–H and O–H groups in total. The highest BCUT2D eigenvalue weighted by molar-refractivity contribution is 5.81. The molecule has 5 heteroatoms. The molecule has 2 heterocycles. The quantitative estimate of drug-likeness (QED) is 0.844. The Morgan fingerprint density at radius 2 is 1.91 bits per heavy atom. The number of likely N-dealkylation sites (tertiary alicyclic amines) is 1. The Kier molecular flexibility index (Phi) is 5.17. The van der Waals surface area contributed by atoms with E-state index in [-0.39, 0.29) is 22.7 Å². The Labute approximate surface area is 139 Å². The van der Waals surface area contributed by atoms with Gasteiger partial charge in [0.2, 0.25) is 11.8 Å². The zero-order valence-electron chi connectivity index (χ0n) is 15.5. The molecule has 1 aliphatic rings. The topological polar surface area (TPSA) is 59.2 Å². The van der Waals surface area contributed by atoms with Crippen molar-refractivity contribution < 1.29 is 9.32 Å². The number of hydrogen-bond donors (Lipinski definition) is 0. The molecule has 2 rings (SSSR count). The van der Waals surface area contributed by atoms with E-state index in [1.807, 2.05) is 25.7 Å². The minimum absolute atomic E-state index is 0.0304. The third kappa shape index (κ3) is 3.75. The van der Waals surface area contributed by atoms with Crippen molar-refractivity contribution in [2.45, 2.75) is 78.6 Å². The van der Waals surface area contributed by atoms with Crippen LogP contribution in [0.25, 0.3) is 0 Å². The fraction of sp³-hybridized carbons (Fsp3) is 0.833. The minimum atomic E-state index is -0.342. The first-order valence-corrected chi connectivity index (χ1v) is 8.84. The number of aromatic nitrogens is 2. The number of piperidine rings is 1. The maximum Gasteiger partial charge on any atom is 0.231 e. The number of carbonyl (C=O) groups excluding carboxylic acids is 1. The average molecular weight is 321 g/mol. The molecule has 1 saturated heterocycles. The molecule has 1 aromatic rings. The van der Waals surface area contributed by atoms with Crippen LogP contribution in [0.15, 0.2) is 4.52 Å². The maximum absolute atomic E-state index is 12.5. The van der Waals surface area contributed by atoms with Crippen LogP contribution in [0, 0.1) is 5.41 Å². The molecular weight excluding hydrogens is 290 g/mol. The van der Waals surface area contributed by atoms with Crippen molar-refractivity contribution in [2.75, 3.05) is 13.1 Å². The number of hydrogen-bond acceptors (Lipinski definition) is 4. The Balaban J connectivity index is 2.14. The number of rotatable bonds is 4. The van der Waals surface area contributed by atoms with Gasteiger partial charge in [0, 0.05) is 23.9 Å². The van der Waals surface area contributed by atoms with Gasteiger partial charge in [-0.2, -0.15) is 4.98 Å². The largest absolute Gasteiger partial charge is 0.341 e. The second kappa shape index (κ2) is 6.62. The Morgan fingerprint density at radius 1 is 1.26 bits per heavy atom. The molecule has 1 aromatic heterocycles. The summed E-state index contributed by atoms with van der Waals surface area (Å²) in [6.45, 7) is 13.9. The zero-order chi connectivity index (χ0) is 17.3. The predicted molar refractivity (Wildman–Crippen MR) is 90.2 cm³/mol. The van der Waals surface area contributed by atoms with E-state index in [0.29, 0.717) is 12.4 Å². The summed E-state index contributed by atoms with van der Waals surface area (Å²) in [5, 5.41) is 4.23. The molecule has 1 amide bonds. The van der Waals surface area contributed by atoms with E-state index in [4.69, 9.17) is 4.52 Å². The molecule has 1 aliphatic heterocycles. The lowest BCUT2D eigenvalue weighted by Crippen LogP contribution is -2.44. The van der Waals surface area contributed by atoms with Crippen molar-refractivity contribution in [3.8, 4) is 0 Å². The number of amides is 1. The summed E-state index contributed by atoms with van der Waals surface area (Å²) in [6.07, 6.45) is 3.97. The van der Waals surface area contributed by atoms with Gasteiger partial charge in [0.15, 0.2) is 5.82 Å². The molecule has 0 aromatic carbocycles. The maximum atomic E-state index is 12.5. The summed E-state index contributed by atoms with van der Waals surface area (Å²) >= 11 is 0. The highest BCUT2D eigenvalue weighted by Crippen LogP contribution is 2.32. The fourth-order valence-corrected chi connectivity index (χ4v) is 3.05. The van der Waals surface area contributed by atoms with E-state index in [9.17, 15) is 4.79 Å². The molecule has 0 saturated carbocycles. The Hall–Kier alpha value is -1.39. The van der Waals surface area contributed by atoms with Gasteiger partial charge >= 0.3 is 0 Å². The molecule has 0 spiro atoms. The SMILES string of the molecule is CCC(C)(CC)c1noc(C2CCCN(C(=O)C(C)(C)C)C2)n1. The first-order chi connectivity index (χ1) is 10.7. The monoisotopic (exact) mass is 321 g/mol. The van der Waals surface area contributed by atoms with Gasteiger partial charge in [-0.1, -0.05) is 46.7 Å². The van der Waals surface area contributed by atoms with Gasteiger partial charge in [0.25, 0.3) is 0 Å². The predicted octanol–water partition coefficient (Wildman–Crippen LogP) is 3.90. The van der Waals surface area contributed by atoms with Gasteiger partial charge in [0.1, 0.15) is 0 Å². The van der Waals surface area contributed by atoms with E-state index in [2.05, 4.69) is 30.9 Å². The van der Waals surface area contributed by atoms with E-state index in [0.717, 1.165) is 38.1 Å². The smallest absolute Gasteiger partial charge is 0.231 e. The molecule has 5 nitrogen and oxygen atoms in total. The van der Waals surface area contributed by atoms with Gasteiger partial charge < -0.3 is 9.42 Å². The van der Waals surface area contributed by atoms with Gasteiger partial charge in [-0.25, -0.2) is 0 Å². The van der Waals surface area contributed by atoms with E-state index in [1.165, 1.54) is 0 Å². The van der Waals surface area contributed by atoms with Crippen LogP contribution in [0.3, 0.4) is 0 Å². The van der Waals surface area contributed by atoms with Crippen LogP contribution in [0.5, 0.6) is 0 Å². The summed E-state index contributed by atoms with van der Waals surface area (Å²) in [4.78, 5) is 19.2. The second-order valence-electron chi connectivity index (χ2n) is 8.06. The van der Waals surface area contributed by atoms with Crippen molar-refractivity contribution in [3.05, 3.63) is 11.7 Å². The summed E-state index contributed by atoms with van der Waals surface area (Å²) in [6, 6.07) is 0. The summed E-state index contributed by atoms with van der Waals surface area (Å²) < 4.78 is 5.57. The van der Waals surface area contributed by atoms with Gasteiger partial charge in [-0.05, 0) is 25.7 Å². The third-order valence-corrected chi connectivity index (χ3v) is 5.24. The number of carbonyl (C=O) groups is 1. The molecular formula is C18H31N3O2. The van der Waals surface area contributed by atoms with Crippen LogP contribution in [-0.2, 0) is 10.2 Å². The van der Waals surface area contributed by atoms with Crippen LogP contribution in [0.4, 0.5) is 0 Å². The average Bonchev–Trinajstić information content (AvgIpc) is 3.03. The molecule has 23 heavy (non-hydrogen) atoms. The van der Waals surface area contributed by atoms with E-state index in [1.54, 1.807) is 0 Å². The van der Waals surface area contributed by atoms with Crippen molar-refractivity contribution in [3.63, 3.8) is 0 Å².